The SMILES string of the molecule is COc1ccc(/C=C/C(=O)Oc2ccc(-c3ccccc3)cc2Br)cc1OC. The summed E-state index contributed by atoms with van der Waals surface area (Å²) in [6.45, 7) is 0. The standard InChI is InChI=1S/C23H19BrO4/c1-26-21-11-8-16(14-22(21)27-2)9-13-23(25)28-20-12-10-18(15-19(20)24)17-6-4-3-5-7-17/h3-15H,1-2H3/b13-9+. The molecule has 0 aliphatic rings. The number of methoxy groups -OCH3 is 2. The molecule has 0 N–H and O–H groups in total. The maximum atomic E-state index is 12.2. The van der Waals surface area contributed by atoms with Crippen LogP contribution in [0.2, 0.25) is 0 Å². The predicted molar refractivity (Wildman–Crippen MR) is 114 cm³/mol. The van der Waals surface area contributed by atoms with Crippen LogP contribution in [0.5, 0.6) is 17.2 Å². The van der Waals surface area contributed by atoms with Crippen LogP contribution in [0.4, 0.5) is 0 Å². The molecule has 142 valence electrons. The van der Waals surface area contributed by atoms with Crippen molar-refractivity contribution in [2.75, 3.05) is 14.2 Å². The molecule has 0 fully saturated rings. The second-order valence-corrected chi connectivity index (χ2v) is 6.73. The summed E-state index contributed by atoms with van der Waals surface area (Å²) in [5, 5.41) is 0. The Morgan fingerprint density at radius 1 is 0.821 bits per heavy atom. The molecule has 5 heteroatoms. The molecule has 0 saturated carbocycles. The van der Waals surface area contributed by atoms with E-state index in [1.807, 2.05) is 48.5 Å². The zero-order valence-corrected chi connectivity index (χ0v) is 17.1. The number of benzene rings is 3. The van der Waals surface area contributed by atoms with Gasteiger partial charge in [-0.2, -0.15) is 0 Å². The molecule has 3 aromatic rings. The van der Waals surface area contributed by atoms with Crippen LogP contribution >= 0.6 is 15.9 Å². The van der Waals surface area contributed by atoms with E-state index in [4.69, 9.17) is 14.2 Å². The van der Waals surface area contributed by atoms with Crippen LogP contribution in [0.3, 0.4) is 0 Å². The normalized spacial score (nSPS) is 10.7. The molecule has 0 spiro atoms. The van der Waals surface area contributed by atoms with Crippen molar-refractivity contribution in [3.8, 4) is 28.4 Å². The molecular formula is C23H19BrO4. The Bertz CT molecular complexity index is 997. The maximum absolute atomic E-state index is 12.2. The molecule has 0 amide bonds. The zero-order valence-electron chi connectivity index (χ0n) is 15.5. The highest BCUT2D eigenvalue weighted by atomic mass is 79.9. The van der Waals surface area contributed by atoms with E-state index in [-0.39, 0.29) is 0 Å². The number of ether oxygens (including phenoxy) is 3. The Labute approximate surface area is 172 Å². The summed E-state index contributed by atoms with van der Waals surface area (Å²) in [6.07, 6.45) is 3.04. The third-order valence-electron chi connectivity index (χ3n) is 4.07. The van der Waals surface area contributed by atoms with Gasteiger partial charge in [-0.3, -0.25) is 0 Å². The first-order valence-corrected chi connectivity index (χ1v) is 9.37. The molecule has 4 nitrogen and oxygen atoms in total. The predicted octanol–water partition coefficient (Wildman–Crippen LogP) is 5.75. The monoisotopic (exact) mass is 438 g/mol. The van der Waals surface area contributed by atoms with Crippen LogP contribution in [-0.2, 0) is 4.79 Å². The van der Waals surface area contributed by atoms with Crippen molar-refractivity contribution >= 4 is 28.0 Å². The molecular weight excluding hydrogens is 420 g/mol. The number of esters is 1. The average molecular weight is 439 g/mol. The summed E-state index contributed by atoms with van der Waals surface area (Å²) >= 11 is 3.47. The molecule has 0 aromatic heterocycles. The van der Waals surface area contributed by atoms with Gasteiger partial charge in [-0.1, -0.05) is 42.5 Å². The number of carbonyl (C=O) groups is 1. The van der Waals surface area contributed by atoms with E-state index < -0.39 is 5.97 Å². The van der Waals surface area contributed by atoms with Crippen LogP contribution in [0.1, 0.15) is 5.56 Å². The van der Waals surface area contributed by atoms with Crippen LogP contribution in [0, 0.1) is 0 Å². The van der Waals surface area contributed by atoms with Gasteiger partial charge in [-0.05, 0) is 63.0 Å². The van der Waals surface area contributed by atoms with Gasteiger partial charge in [0.15, 0.2) is 11.5 Å². The second kappa shape index (κ2) is 9.24. The number of rotatable bonds is 6. The minimum absolute atomic E-state index is 0.460. The summed E-state index contributed by atoms with van der Waals surface area (Å²) in [5.74, 6) is 1.21. The Balaban J connectivity index is 1.70. The molecule has 0 atom stereocenters. The van der Waals surface area contributed by atoms with Gasteiger partial charge in [0, 0.05) is 6.08 Å². The van der Waals surface area contributed by atoms with Crippen molar-refractivity contribution in [1.82, 2.24) is 0 Å². The first-order valence-electron chi connectivity index (χ1n) is 8.57. The minimum Gasteiger partial charge on any atom is -0.493 e. The van der Waals surface area contributed by atoms with E-state index >= 15 is 0 Å². The molecule has 0 heterocycles. The summed E-state index contributed by atoms with van der Waals surface area (Å²) in [6, 6.07) is 21.0. The molecule has 0 aliphatic heterocycles. The molecule has 0 bridgehead atoms. The second-order valence-electron chi connectivity index (χ2n) is 5.88. The quantitative estimate of drug-likeness (QED) is 0.279. The van der Waals surface area contributed by atoms with Crippen molar-refractivity contribution in [2.24, 2.45) is 0 Å². The van der Waals surface area contributed by atoms with E-state index in [1.54, 1.807) is 38.5 Å². The van der Waals surface area contributed by atoms with Crippen molar-refractivity contribution in [3.63, 3.8) is 0 Å². The van der Waals surface area contributed by atoms with Gasteiger partial charge in [0.05, 0.1) is 18.7 Å². The fourth-order valence-electron chi connectivity index (χ4n) is 2.66. The molecule has 0 saturated heterocycles. The van der Waals surface area contributed by atoms with Gasteiger partial charge in [0.1, 0.15) is 5.75 Å². The molecule has 0 aliphatic carbocycles. The van der Waals surface area contributed by atoms with Gasteiger partial charge < -0.3 is 14.2 Å². The lowest BCUT2D eigenvalue weighted by atomic mass is 10.1. The van der Waals surface area contributed by atoms with Crippen molar-refractivity contribution in [3.05, 3.63) is 82.8 Å². The number of hydrogen-bond acceptors (Lipinski definition) is 4. The largest absolute Gasteiger partial charge is 0.493 e. The van der Waals surface area contributed by atoms with Crippen LogP contribution < -0.4 is 14.2 Å². The van der Waals surface area contributed by atoms with Crippen LogP contribution in [-0.4, -0.2) is 20.2 Å². The van der Waals surface area contributed by atoms with E-state index in [2.05, 4.69) is 15.9 Å². The minimum atomic E-state index is -0.469. The fourth-order valence-corrected chi connectivity index (χ4v) is 3.12. The third-order valence-corrected chi connectivity index (χ3v) is 4.69. The number of hydrogen-bond donors (Lipinski definition) is 0. The Hall–Kier alpha value is -3.05. The van der Waals surface area contributed by atoms with Crippen molar-refractivity contribution in [1.29, 1.82) is 0 Å². The maximum Gasteiger partial charge on any atom is 0.336 e. The van der Waals surface area contributed by atoms with E-state index in [0.717, 1.165) is 16.7 Å². The first kappa shape index (κ1) is 19.7. The molecule has 3 aromatic carbocycles. The van der Waals surface area contributed by atoms with Crippen molar-refractivity contribution in [2.45, 2.75) is 0 Å². The average Bonchev–Trinajstić information content (AvgIpc) is 2.74. The van der Waals surface area contributed by atoms with Gasteiger partial charge in [0.25, 0.3) is 0 Å². The summed E-state index contributed by atoms with van der Waals surface area (Å²) in [4.78, 5) is 12.2. The molecule has 28 heavy (non-hydrogen) atoms. The highest BCUT2D eigenvalue weighted by Gasteiger charge is 2.08. The lowest BCUT2D eigenvalue weighted by Crippen LogP contribution is -2.04. The van der Waals surface area contributed by atoms with Crippen LogP contribution in [0.15, 0.2) is 77.3 Å². The molecule has 0 unspecified atom stereocenters. The van der Waals surface area contributed by atoms with Crippen LogP contribution in [0.25, 0.3) is 17.2 Å². The number of carbonyl (C=O) groups excluding carboxylic acids is 1. The third kappa shape index (κ3) is 4.81. The lowest BCUT2D eigenvalue weighted by Gasteiger charge is -2.08. The number of halogens is 1. The van der Waals surface area contributed by atoms with E-state index in [1.165, 1.54) is 6.08 Å². The Kier molecular flexibility index (Phi) is 6.50. The fraction of sp³-hybridized carbons (Fsp3) is 0.0870. The summed E-state index contributed by atoms with van der Waals surface area (Å²) < 4.78 is 16.6. The first-order chi connectivity index (χ1) is 13.6. The van der Waals surface area contributed by atoms with Gasteiger partial charge in [-0.15, -0.1) is 0 Å². The van der Waals surface area contributed by atoms with Crippen molar-refractivity contribution < 1.29 is 19.0 Å². The van der Waals surface area contributed by atoms with Gasteiger partial charge in [0.2, 0.25) is 0 Å². The van der Waals surface area contributed by atoms with E-state index in [9.17, 15) is 4.79 Å². The smallest absolute Gasteiger partial charge is 0.336 e. The van der Waals surface area contributed by atoms with E-state index in [0.29, 0.717) is 21.7 Å². The zero-order chi connectivity index (χ0) is 19.9. The molecule has 0 radical (unpaired) electrons. The topological polar surface area (TPSA) is 44.8 Å². The highest BCUT2D eigenvalue weighted by molar-refractivity contribution is 9.10. The Morgan fingerprint density at radius 3 is 2.21 bits per heavy atom. The van der Waals surface area contributed by atoms with Gasteiger partial charge >= 0.3 is 5.97 Å². The summed E-state index contributed by atoms with van der Waals surface area (Å²) in [7, 11) is 3.14. The van der Waals surface area contributed by atoms with Gasteiger partial charge in [-0.25, -0.2) is 4.79 Å². The summed E-state index contributed by atoms with van der Waals surface area (Å²) in [5.41, 5.74) is 2.93. The highest BCUT2D eigenvalue weighted by Crippen LogP contribution is 2.31. The lowest BCUT2D eigenvalue weighted by molar-refractivity contribution is -0.128. The molecule has 3 rings (SSSR count). The Morgan fingerprint density at radius 2 is 1.54 bits per heavy atom.